The Morgan fingerprint density at radius 2 is 1.86 bits per heavy atom. The Bertz CT molecular complexity index is 1030. The van der Waals surface area contributed by atoms with Crippen LogP contribution in [0.2, 0.25) is 15.2 Å². The third-order valence-electron chi connectivity index (χ3n) is 3.93. The number of halogens is 7. The smallest absolute Gasteiger partial charge is 0.329 e. The average molecular weight is 473 g/mol. The van der Waals surface area contributed by atoms with Crippen molar-refractivity contribution in [2.75, 3.05) is 0 Å². The van der Waals surface area contributed by atoms with E-state index in [-0.39, 0.29) is 16.3 Å². The molecule has 1 unspecified atom stereocenters. The monoisotopic (exact) mass is 471 g/mol. The van der Waals surface area contributed by atoms with Crippen LogP contribution in [-0.2, 0) is 22.9 Å². The quantitative estimate of drug-likeness (QED) is 0.224. The fourth-order valence-corrected chi connectivity index (χ4v) is 3.69. The molecule has 2 aromatic rings. The number of terminal acetylenes is 1. The lowest BCUT2D eigenvalue weighted by Gasteiger charge is -2.16. The first-order chi connectivity index (χ1) is 13.3. The molecule has 0 spiro atoms. The lowest BCUT2D eigenvalue weighted by atomic mass is 9.95. The van der Waals surface area contributed by atoms with Crippen molar-refractivity contribution in [1.29, 1.82) is 0 Å². The van der Waals surface area contributed by atoms with Gasteiger partial charge in [0.1, 0.15) is 16.7 Å². The summed E-state index contributed by atoms with van der Waals surface area (Å²) in [7, 11) is 1.02. The highest BCUT2D eigenvalue weighted by molar-refractivity contribution is 6.40. The Hall–Kier alpha value is -2.08. The van der Waals surface area contributed by atoms with Gasteiger partial charge in [-0.25, -0.2) is 9.18 Å². The fraction of sp³-hybridized carbons (Fsp3) is 0.278. The molecule has 1 atom stereocenters. The summed E-state index contributed by atoms with van der Waals surface area (Å²) >= 11 is 18.1. The molecule has 1 aromatic carbocycles. The van der Waals surface area contributed by atoms with E-state index in [9.17, 15) is 18.0 Å². The zero-order chi connectivity index (χ0) is 22.3. The number of aromatic nitrogens is 1. The highest BCUT2D eigenvalue weighted by Gasteiger charge is 2.40. The molecule has 0 amide bonds. The van der Waals surface area contributed by atoms with E-state index >= 15 is 4.39 Å². The van der Waals surface area contributed by atoms with Crippen molar-refractivity contribution in [2.45, 2.75) is 25.9 Å². The van der Waals surface area contributed by atoms with Crippen molar-refractivity contribution in [1.82, 2.24) is 4.57 Å². The third-order valence-corrected chi connectivity index (χ3v) is 5.13. The Balaban J connectivity index is 2.88. The predicted octanol–water partition coefficient (Wildman–Crippen LogP) is 6.40. The molecule has 1 aromatic heterocycles. The van der Waals surface area contributed by atoms with E-state index in [2.05, 4.69) is 10.8 Å². The SMILES string of the molecule is C#CC(C)c1c(F)c(-c2c(Cl)c(C(F)(F)F)n(C)c2Cl)cc(OOC(C)=O)c1Cl. The van der Waals surface area contributed by atoms with Crippen LogP contribution in [0.25, 0.3) is 11.1 Å². The summed E-state index contributed by atoms with van der Waals surface area (Å²) in [6.07, 6.45) is 0.483. The van der Waals surface area contributed by atoms with Gasteiger partial charge in [0.15, 0.2) is 5.75 Å². The molecule has 11 heteroatoms. The molecule has 0 radical (unpaired) electrons. The Morgan fingerprint density at radius 3 is 2.31 bits per heavy atom. The molecular weight excluding hydrogens is 461 g/mol. The molecule has 0 aliphatic heterocycles. The third kappa shape index (κ3) is 4.27. The Kier molecular flexibility index (Phi) is 6.68. The second-order valence-electron chi connectivity index (χ2n) is 5.90. The number of hydrogen-bond donors (Lipinski definition) is 0. The van der Waals surface area contributed by atoms with Gasteiger partial charge in [-0.15, -0.1) is 6.42 Å². The number of benzene rings is 1. The van der Waals surface area contributed by atoms with Crippen LogP contribution in [0.15, 0.2) is 6.07 Å². The second kappa shape index (κ2) is 8.34. The maximum absolute atomic E-state index is 15.3. The minimum absolute atomic E-state index is 0.265. The van der Waals surface area contributed by atoms with E-state index in [1.54, 1.807) is 0 Å². The van der Waals surface area contributed by atoms with Gasteiger partial charge in [0, 0.05) is 36.6 Å². The van der Waals surface area contributed by atoms with Crippen molar-refractivity contribution in [3.05, 3.63) is 38.3 Å². The molecule has 0 bridgehead atoms. The van der Waals surface area contributed by atoms with Crippen molar-refractivity contribution >= 4 is 40.8 Å². The van der Waals surface area contributed by atoms with Crippen LogP contribution in [0.4, 0.5) is 17.6 Å². The highest BCUT2D eigenvalue weighted by Crippen LogP contribution is 2.49. The maximum atomic E-state index is 15.3. The van der Waals surface area contributed by atoms with Gasteiger partial charge >= 0.3 is 12.1 Å². The van der Waals surface area contributed by atoms with Crippen LogP contribution in [0.1, 0.15) is 31.0 Å². The standard InChI is InChI=1S/C18H12Cl3F4NO3/c1-5-7(2)11-13(19)10(29-28-8(3)27)6-9(15(11)22)12-14(20)16(18(23,24)25)26(4)17(12)21/h1,6-7H,2-4H3. The summed E-state index contributed by atoms with van der Waals surface area (Å²) in [5.74, 6) is -0.904. The van der Waals surface area contributed by atoms with Crippen LogP contribution < -0.4 is 4.89 Å². The number of nitrogens with zero attached hydrogens (tertiary/aromatic N) is 1. The molecule has 29 heavy (non-hydrogen) atoms. The van der Waals surface area contributed by atoms with E-state index in [4.69, 9.17) is 46.1 Å². The molecule has 4 nitrogen and oxygen atoms in total. The van der Waals surface area contributed by atoms with Crippen LogP contribution in [0.5, 0.6) is 5.75 Å². The first-order valence-corrected chi connectivity index (χ1v) is 8.90. The molecule has 0 aliphatic rings. The van der Waals surface area contributed by atoms with E-state index in [0.29, 0.717) is 4.57 Å². The van der Waals surface area contributed by atoms with Gasteiger partial charge in [-0.2, -0.15) is 13.2 Å². The van der Waals surface area contributed by atoms with Crippen LogP contribution in [0.3, 0.4) is 0 Å². The molecule has 2 rings (SSSR count). The number of carbonyl (C=O) groups is 1. The van der Waals surface area contributed by atoms with Crippen LogP contribution >= 0.6 is 34.8 Å². The van der Waals surface area contributed by atoms with Gasteiger partial charge in [0.05, 0.1) is 10.0 Å². The highest BCUT2D eigenvalue weighted by atomic mass is 35.5. The molecule has 156 valence electrons. The van der Waals surface area contributed by atoms with Gasteiger partial charge in [0.2, 0.25) is 0 Å². The van der Waals surface area contributed by atoms with Crippen molar-refractivity contribution < 1.29 is 32.1 Å². The van der Waals surface area contributed by atoms with Crippen LogP contribution in [0, 0.1) is 18.2 Å². The van der Waals surface area contributed by atoms with Gasteiger partial charge in [0.25, 0.3) is 0 Å². The number of carbonyl (C=O) groups excluding carboxylic acids is 1. The van der Waals surface area contributed by atoms with Gasteiger partial charge in [-0.05, 0) is 13.0 Å². The first kappa shape index (κ1) is 23.2. The molecule has 0 saturated heterocycles. The molecule has 0 saturated carbocycles. The first-order valence-electron chi connectivity index (χ1n) is 7.77. The summed E-state index contributed by atoms with van der Waals surface area (Å²) in [4.78, 5) is 20.2. The van der Waals surface area contributed by atoms with Crippen molar-refractivity contribution in [3.63, 3.8) is 0 Å². The lowest BCUT2D eigenvalue weighted by molar-refractivity contribution is -0.210. The summed E-state index contributed by atoms with van der Waals surface area (Å²) in [6, 6.07) is 0.917. The molecule has 0 aliphatic carbocycles. The van der Waals surface area contributed by atoms with E-state index in [1.165, 1.54) is 6.92 Å². The summed E-state index contributed by atoms with van der Waals surface area (Å²) in [5.41, 5.74) is -2.45. The Labute approximate surface area is 178 Å². The predicted molar refractivity (Wildman–Crippen MR) is 100 cm³/mol. The normalized spacial score (nSPS) is 12.4. The molecule has 1 heterocycles. The number of rotatable bonds is 4. The largest absolute Gasteiger partial charge is 0.432 e. The average Bonchev–Trinajstić information content (AvgIpc) is 2.83. The van der Waals surface area contributed by atoms with Crippen molar-refractivity contribution in [3.8, 4) is 29.2 Å². The summed E-state index contributed by atoms with van der Waals surface area (Å²) in [6.45, 7) is 2.46. The van der Waals surface area contributed by atoms with Gasteiger partial charge < -0.3 is 4.57 Å². The van der Waals surface area contributed by atoms with Crippen molar-refractivity contribution in [2.24, 2.45) is 7.05 Å². The van der Waals surface area contributed by atoms with E-state index in [1.807, 2.05) is 0 Å². The zero-order valence-electron chi connectivity index (χ0n) is 15.0. The molecule has 0 N–H and O–H groups in total. The number of hydrogen-bond acceptors (Lipinski definition) is 3. The summed E-state index contributed by atoms with van der Waals surface area (Å²) < 4.78 is 55.9. The Morgan fingerprint density at radius 1 is 1.28 bits per heavy atom. The van der Waals surface area contributed by atoms with Gasteiger partial charge in [-0.3, -0.25) is 9.78 Å². The fourth-order valence-electron chi connectivity index (χ4n) is 2.61. The van der Waals surface area contributed by atoms with Crippen LogP contribution in [-0.4, -0.2) is 10.5 Å². The maximum Gasteiger partial charge on any atom is 0.432 e. The lowest BCUT2D eigenvalue weighted by Crippen LogP contribution is -2.11. The second-order valence-corrected chi connectivity index (χ2v) is 7.01. The topological polar surface area (TPSA) is 40.5 Å². The minimum atomic E-state index is -4.86. The summed E-state index contributed by atoms with van der Waals surface area (Å²) in [5, 5.41) is -1.64. The van der Waals surface area contributed by atoms with E-state index < -0.39 is 50.9 Å². The van der Waals surface area contributed by atoms with Gasteiger partial charge in [-0.1, -0.05) is 40.7 Å². The minimum Gasteiger partial charge on any atom is -0.329 e. The zero-order valence-corrected chi connectivity index (χ0v) is 17.3. The number of alkyl halides is 3. The van der Waals surface area contributed by atoms with E-state index in [0.717, 1.165) is 20.0 Å². The molecule has 0 fully saturated rings. The molecular formula is C18H12Cl3F4NO3.